The molecule has 10 heteroatoms. The monoisotopic (exact) mass is 362 g/mol. The topological polar surface area (TPSA) is 87.8 Å². The van der Waals surface area contributed by atoms with Gasteiger partial charge in [-0.1, -0.05) is 0 Å². The lowest BCUT2D eigenvalue weighted by Gasteiger charge is -2.24. The van der Waals surface area contributed by atoms with Gasteiger partial charge in [-0.25, -0.2) is 18.1 Å². The van der Waals surface area contributed by atoms with Gasteiger partial charge in [0, 0.05) is 25.7 Å². The molecule has 1 saturated carbocycles. The third-order valence-corrected chi connectivity index (χ3v) is 6.07. The first-order valence-corrected chi connectivity index (χ1v) is 9.30. The van der Waals surface area contributed by atoms with Crippen LogP contribution >= 0.6 is 0 Å². The summed E-state index contributed by atoms with van der Waals surface area (Å²) >= 11 is 0. The summed E-state index contributed by atoms with van der Waals surface area (Å²) in [5.41, 5.74) is -1.67. The van der Waals surface area contributed by atoms with Gasteiger partial charge in [-0.05, 0) is 25.2 Å². The van der Waals surface area contributed by atoms with E-state index < -0.39 is 27.3 Å². The molecule has 1 fully saturated rings. The van der Waals surface area contributed by atoms with E-state index in [1.165, 1.54) is 4.57 Å². The molecule has 2 aliphatic rings. The number of alkyl halides is 3. The predicted octanol–water partition coefficient (Wildman–Crippen LogP) is 1.69. The quantitative estimate of drug-likeness (QED) is 0.863. The van der Waals surface area contributed by atoms with Gasteiger partial charge in [0.25, 0.3) is 0 Å². The first-order chi connectivity index (χ1) is 11.1. The molecule has 0 saturated heterocycles. The minimum Gasteiger partial charge on any atom is -0.334 e. The van der Waals surface area contributed by atoms with Crippen LogP contribution in [-0.4, -0.2) is 30.3 Å². The zero-order valence-electron chi connectivity index (χ0n) is 12.8. The molecular weight excluding hydrogens is 345 g/mol. The molecule has 0 aromatic carbocycles. The van der Waals surface area contributed by atoms with Gasteiger partial charge in [-0.2, -0.15) is 18.4 Å². The Kier molecular flexibility index (Phi) is 4.12. The Labute approximate surface area is 137 Å². The zero-order valence-corrected chi connectivity index (χ0v) is 13.6. The molecule has 132 valence electrons. The Morgan fingerprint density at radius 3 is 2.75 bits per heavy atom. The number of aromatic nitrogens is 2. The third kappa shape index (κ3) is 3.72. The maximum absolute atomic E-state index is 12.7. The Balaban J connectivity index is 1.58. The minimum atomic E-state index is -4.47. The fraction of sp³-hybridized carbons (Fsp3) is 0.714. The number of rotatable bonds is 5. The molecule has 1 unspecified atom stereocenters. The standard InChI is InChI=1S/C14H17F3N4O2S/c15-14(16,17)11-7-21-6-10(1-2-12(21)20-11)5-19-24(22,23)9-13(8-18)3-4-13/h7,10,19H,1-6,9H2. The van der Waals surface area contributed by atoms with Crippen LogP contribution in [0.1, 0.15) is 30.8 Å². The van der Waals surface area contributed by atoms with E-state index >= 15 is 0 Å². The van der Waals surface area contributed by atoms with Crippen molar-refractivity contribution in [3.63, 3.8) is 0 Å². The summed E-state index contributed by atoms with van der Waals surface area (Å²) in [6, 6.07) is 2.04. The highest BCUT2D eigenvalue weighted by Gasteiger charge is 2.47. The number of nitrogens with one attached hydrogen (secondary N) is 1. The second-order valence-electron chi connectivity index (χ2n) is 6.60. The number of halogens is 3. The fourth-order valence-corrected chi connectivity index (χ4v) is 4.59. The molecule has 1 aliphatic heterocycles. The lowest BCUT2D eigenvalue weighted by Crippen LogP contribution is -2.36. The van der Waals surface area contributed by atoms with Crippen molar-refractivity contribution in [1.29, 1.82) is 5.26 Å². The van der Waals surface area contributed by atoms with Crippen molar-refractivity contribution in [2.75, 3.05) is 12.3 Å². The first-order valence-electron chi connectivity index (χ1n) is 7.64. The summed E-state index contributed by atoms with van der Waals surface area (Å²) in [6.45, 7) is 0.452. The molecular formula is C14H17F3N4O2S. The number of nitriles is 1. The van der Waals surface area contributed by atoms with Crippen molar-refractivity contribution in [3.8, 4) is 6.07 Å². The molecule has 6 nitrogen and oxygen atoms in total. The summed E-state index contributed by atoms with van der Waals surface area (Å²) in [5.74, 6) is 0.0697. The van der Waals surface area contributed by atoms with Crippen molar-refractivity contribution < 1.29 is 21.6 Å². The Bertz CT molecular complexity index is 775. The van der Waals surface area contributed by atoms with Crippen LogP contribution in [-0.2, 0) is 29.2 Å². The van der Waals surface area contributed by atoms with Gasteiger partial charge in [-0.3, -0.25) is 0 Å². The van der Waals surface area contributed by atoms with Crippen LogP contribution in [0.2, 0.25) is 0 Å². The normalized spacial score (nSPS) is 22.7. The number of nitrogens with zero attached hydrogens (tertiary/aromatic N) is 3. The molecule has 3 rings (SSSR count). The number of hydrogen-bond donors (Lipinski definition) is 1. The molecule has 2 heterocycles. The molecule has 0 radical (unpaired) electrons. The van der Waals surface area contributed by atoms with Gasteiger partial charge >= 0.3 is 6.18 Å². The molecule has 1 atom stereocenters. The summed E-state index contributed by atoms with van der Waals surface area (Å²) < 4.78 is 66.1. The number of aryl methyl sites for hydroxylation is 1. The molecule has 0 bridgehead atoms. The maximum atomic E-state index is 12.7. The summed E-state index contributed by atoms with van der Waals surface area (Å²) in [6.07, 6.45) is -1.37. The Morgan fingerprint density at radius 2 is 2.17 bits per heavy atom. The van der Waals surface area contributed by atoms with E-state index in [1.807, 2.05) is 6.07 Å². The van der Waals surface area contributed by atoms with E-state index in [2.05, 4.69) is 9.71 Å². The van der Waals surface area contributed by atoms with Crippen LogP contribution in [0.15, 0.2) is 6.20 Å². The minimum absolute atomic E-state index is 0.0974. The van der Waals surface area contributed by atoms with Crippen molar-refractivity contribution in [2.24, 2.45) is 11.3 Å². The Hall–Kier alpha value is -1.60. The van der Waals surface area contributed by atoms with Gasteiger partial charge in [-0.15, -0.1) is 0 Å². The fourth-order valence-electron chi connectivity index (χ4n) is 2.92. The number of fused-ring (bicyclic) bond motifs is 1. The molecule has 24 heavy (non-hydrogen) atoms. The third-order valence-electron chi connectivity index (χ3n) is 4.53. The summed E-state index contributed by atoms with van der Waals surface area (Å²) in [5, 5.41) is 8.97. The first kappa shape index (κ1) is 17.2. The van der Waals surface area contributed by atoms with Crippen LogP contribution in [0.5, 0.6) is 0 Å². The second kappa shape index (κ2) is 5.74. The van der Waals surface area contributed by atoms with Crippen molar-refractivity contribution in [2.45, 2.75) is 38.4 Å². The highest BCUT2D eigenvalue weighted by atomic mass is 32.2. The number of imidazole rings is 1. The second-order valence-corrected chi connectivity index (χ2v) is 8.40. The van der Waals surface area contributed by atoms with Crippen molar-refractivity contribution in [3.05, 3.63) is 17.7 Å². The maximum Gasteiger partial charge on any atom is 0.434 e. The van der Waals surface area contributed by atoms with Gasteiger partial charge < -0.3 is 4.57 Å². The lowest BCUT2D eigenvalue weighted by molar-refractivity contribution is -0.141. The molecule has 1 aromatic rings. The van der Waals surface area contributed by atoms with E-state index in [0.717, 1.165) is 6.20 Å². The van der Waals surface area contributed by atoms with Gasteiger partial charge in [0.2, 0.25) is 10.0 Å². The SMILES string of the molecule is N#CC1(CS(=O)(=O)NCC2CCc3nc(C(F)(F)F)cn3C2)CC1. The highest BCUT2D eigenvalue weighted by molar-refractivity contribution is 7.89. The number of sulfonamides is 1. The highest BCUT2D eigenvalue weighted by Crippen LogP contribution is 2.45. The number of hydrogen-bond acceptors (Lipinski definition) is 4. The van der Waals surface area contributed by atoms with Crippen molar-refractivity contribution in [1.82, 2.24) is 14.3 Å². The van der Waals surface area contributed by atoms with Gasteiger partial charge in [0.15, 0.2) is 5.69 Å². The van der Waals surface area contributed by atoms with Gasteiger partial charge in [0.1, 0.15) is 5.82 Å². The Morgan fingerprint density at radius 1 is 1.46 bits per heavy atom. The van der Waals surface area contributed by atoms with E-state index in [9.17, 15) is 21.6 Å². The molecule has 1 aromatic heterocycles. The van der Waals surface area contributed by atoms with E-state index in [0.29, 0.717) is 38.1 Å². The smallest absolute Gasteiger partial charge is 0.334 e. The molecule has 0 amide bonds. The average molecular weight is 362 g/mol. The molecule has 1 aliphatic carbocycles. The van der Waals surface area contributed by atoms with Crippen LogP contribution < -0.4 is 4.72 Å². The average Bonchev–Trinajstić information content (AvgIpc) is 3.10. The molecule has 1 N–H and O–H groups in total. The largest absolute Gasteiger partial charge is 0.434 e. The summed E-state index contributed by atoms with van der Waals surface area (Å²) in [7, 11) is -3.56. The van der Waals surface area contributed by atoms with Crippen LogP contribution in [0, 0.1) is 22.7 Å². The zero-order chi connectivity index (χ0) is 17.6. The lowest BCUT2D eigenvalue weighted by atomic mass is 10.00. The van der Waals surface area contributed by atoms with Crippen LogP contribution in [0.3, 0.4) is 0 Å². The summed E-state index contributed by atoms with van der Waals surface area (Å²) in [4.78, 5) is 3.60. The van der Waals surface area contributed by atoms with Crippen LogP contribution in [0.4, 0.5) is 13.2 Å². The van der Waals surface area contributed by atoms with Gasteiger partial charge in [0.05, 0.1) is 17.2 Å². The van der Waals surface area contributed by atoms with Crippen LogP contribution in [0.25, 0.3) is 0 Å². The predicted molar refractivity (Wildman–Crippen MR) is 78.1 cm³/mol. The van der Waals surface area contributed by atoms with E-state index in [1.54, 1.807) is 0 Å². The van der Waals surface area contributed by atoms with E-state index in [4.69, 9.17) is 5.26 Å². The molecule has 0 spiro atoms. The van der Waals surface area contributed by atoms with E-state index in [-0.39, 0.29) is 18.2 Å². The van der Waals surface area contributed by atoms with Crippen molar-refractivity contribution >= 4 is 10.0 Å².